The molecule has 1 N–H and O–H groups in total. The second-order valence-electron chi connectivity index (χ2n) is 6.79. The number of anilines is 1. The van der Waals surface area contributed by atoms with Gasteiger partial charge in [0.15, 0.2) is 0 Å². The van der Waals surface area contributed by atoms with Crippen LogP contribution < -0.4 is 5.32 Å². The monoisotopic (exact) mass is 379 g/mol. The van der Waals surface area contributed by atoms with Gasteiger partial charge in [0.05, 0.1) is 17.4 Å². The Labute approximate surface area is 154 Å². The Bertz CT molecular complexity index is 768. The van der Waals surface area contributed by atoms with E-state index in [9.17, 15) is 13.2 Å². The molecule has 0 radical (unpaired) electrons. The summed E-state index contributed by atoms with van der Waals surface area (Å²) in [6, 6.07) is 6.16. The molecule has 2 aliphatic rings. The molecule has 0 saturated carbocycles. The van der Waals surface area contributed by atoms with E-state index >= 15 is 0 Å². The molecule has 0 aromatic heterocycles. The van der Waals surface area contributed by atoms with Gasteiger partial charge in [0.25, 0.3) is 10.0 Å². The average Bonchev–Trinajstić information content (AvgIpc) is 3.08. The number of sulfonamides is 1. The minimum Gasteiger partial charge on any atom is -0.381 e. The highest BCUT2D eigenvalue weighted by atomic mass is 32.2. The predicted molar refractivity (Wildman–Crippen MR) is 99.7 cm³/mol. The number of hydrogen-bond acceptors (Lipinski definition) is 4. The van der Waals surface area contributed by atoms with E-state index in [0.717, 1.165) is 25.8 Å². The highest BCUT2D eigenvalue weighted by molar-refractivity contribution is 7.90. The number of benzene rings is 1. The average molecular weight is 379 g/mol. The maximum atomic E-state index is 12.6. The van der Waals surface area contributed by atoms with Crippen molar-refractivity contribution in [1.82, 2.24) is 4.90 Å². The molecule has 2 saturated heterocycles. The third-order valence-electron chi connectivity index (χ3n) is 4.78. The summed E-state index contributed by atoms with van der Waals surface area (Å²) >= 11 is 0. The van der Waals surface area contributed by atoms with Gasteiger partial charge in [-0.2, -0.15) is 8.42 Å². The number of rotatable bonds is 4. The highest BCUT2D eigenvalue weighted by Crippen LogP contribution is 2.20. The lowest BCUT2D eigenvalue weighted by Gasteiger charge is -2.17. The third kappa shape index (κ3) is 4.62. The second-order valence-corrected chi connectivity index (χ2v) is 8.39. The van der Waals surface area contributed by atoms with Crippen LogP contribution in [0.5, 0.6) is 0 Å². The van der Waals surface area contributed by atoms with Crippen molar-refractivity contribution in [3.8, 4) is 0 Å². The molecule has 26 heavy (non-hydrogen) atoms. The van der Waals surface area contributed by atoms with Crippen molar-refractivity contribution in [3.05, 3.63) is 24.3 Å². The largest absolute Gasteiger partial charge is 0.381 e. The first-order chi connectivity index (χ1) is 12.5. The summed E-state index contributed by atoms with van der Waals surface area (Å²) in [4.78, 5) is 14.1. The van der Waals surface area contributed by atoms with E-state index in [1.807, 2.05) is 11.9 Å². The van der Waals surface area contributed by atoms with E-state index in [0.29, 0.717) is 37.6 Å². The number of nitrogens with one attached hydrogen (secondary N) is 1. The molecule has 142 valence electrons. The van der Waals surface area contributed by atoms with E-state index in [-0.39, 0.29) is 16.7 Å². The van der Waals surface area contributed by atoms with Gasteiger partial charge in [0.1, 0.15) is 5.84 Å². The first-order valence-electron chi connectivity index (χ1n) is 8.99. The maximum Gasteiger partial charge on any atom is 0.283 e. The third-order valence-corrected chi connectivity index (χ3v) is 6.10. The Morgan fingerprint density at radius 1 is 1.23 bits per heavy atom. The SMILES string of the molecule is CN1CCCCC/C1=N/S(=O)(=O)c1ccc(NC(=O)C2CCOC2)cc1. The first kappa shape index (κ1) is 18.8. The summed E-state index contributed by atoms with van der Waals surface area (Å²) in [6.45, 7) is 1.86. The smallest absolute Gasteiger partial charge is 0.283 e. The highest BCUT2D eigenvalue weighted by Gasteiger charge is 2.24. The van der Waals surface area contributed by atoms with Crippen LogP contribution in [-0.4, -0.2) is 51.9 Å². The fourth-order valence-corrected chi connectivity index (χ4v) is 4.22. The molecule has 1 atom stereocenters. The molecule has 2 fully saturated rings. The number of amidine groups is 1. The van der Waals surface area contributed by atoms with E-state index in [1.54, 1.807) is 12.1 Å². The summed E-state index contributed by atoms with van der Waals surface area (Å²) in [5.41, 5.74) is 0.570. The zero-order valence-electron chi connectivity index (χ0n) is 15.0. The van der Waals surface area contributed by atoms with E-state index in [4.69, 9.17) is 4.74 Å². The normalized spacial score (nSPS) is 23.0. The fraction of sp³-hybridized carbons (Fsp3) is 0.556. The number of amides is 1. The van der Waals surface area contributed by atoms with Crippen molar-refractivity contribution < 1.29 is 17.9 Å². The number of carbonyl (C=O) groups is 1. The van der Waals surface area contributed by atoms with Gasteiger partial charge in [-0.1, -0.05) is 6.42 Å². The summed E-state index contributed by atoms with van der Waals surface area (Å²) in [7, 11) is -1.88. The minimum atomic E-state index is -3.76. The van der Waals surface area contributed by atoms with Crippen LogP contribution in [0.1, 0.15) is 32.1 Å². The summed E-state index contributed by atoms with van der Waals surface area (Å²) in [5, 5.41) is 2.80. The quantitative estimate of drug-likeness (QED) is 0.867. The molecule has 1 aromatic carbocycles. The summed E-state index contributed by atoms with van der Waals surface area (Å²) in [5.74, 6) is 0.370. The van der Waals surface area contributed by atoms with Gasteiger partial charge in [-0.25, -0.2) is 0 Å². The lowest BCUT2D eigenvalue weighted by atomic mass is 10.1. The lowest BCUT2D eigenvalue weighted by molar-refractivity contribution is -0.119. The molecule has 0 spiro atoms. The Morgan fingerprint density at radius 3 is 2.69 bits per heavy atom. The molecule has 0 aliphatic carbocycles. The van der Waals surface area contributed by atoms with Gasteiger partial charge in [-0.3, -0.25) is 4.79 Å². The molecule has 2 aliphatic heterocycles. The Hall–Kier alpha value is -1.93. The summed E-state index contributed by atoms with van der Waals surface area (Å²) < 4.78 is 34.4. The van der Waals surface area contributed by atoms with Gasteiger partial charge in [-0.15, -0.1) is 4.40 Å². The van der Waals surface area contributed by atoms with Crippen molar-refractivity contribution in [1.29, 1.82) is 0 Å². The van der Waals surface area contributed by atoms with E-state index < -0.39 is 10.0 Å². The number of likely N-dealkylation sites (tertiary alicyclic amines) is 1. The van der Waals surface area contributed by atoms with Gasteiger partial charge in [0.2, 0.25) is 5.91 Å². The topological polar surface area (TPSA) is 88.1 Å². The molecule has 7 nitrogen and oxygen atoms in total. The maximum absolute atomic E-state index is 12.6. The standard InChI is InChI=1S/C18H25N3O4S/c1-21-11-4-2-3-5-17(21)20-26(23,24)16-8-6-15(7-9-16)19-18(22)14-10-12-25-13-14/h6-9,14H,2-5,10-13H2,1H3,(H,19,22)/b20-17-. The van der Waals surface area contributed by atoms with Gasteiger partial charge in [-0.05, 0) is 43.5 Å². The molecular weight excluding hydrogens is 354 g/mol. The number of nitrogens with zero attached hydrogens (tertiary/aromatic N) is 2. The molecule has 1 unspecified atom stereocenters. The van der Waals surface area contributed by atoms with Crippen molar-refractivity contribution in [2.24, 2.45) is 10.3 Å². The zero-order chi connectivity index (χ0) is 18.6. The number of carbonyl (C=O) groups excluding carboxylic acids is 1. The van der Waals surface area contributed by atoms with Gasteiger partial charge >= 0.3 is 0 Å². The van der Waals surface area contributed by atoms with Crippen LogP contribution in [0.4, 0.5) is 5.69 Å². The Morgan fingerprint density at radius 2 is 2.00 bits per heavy atom. The Balaban J connectivity index is 1.71. The van der Waals surface area contributed by atoms with E-state index in [2.05, 4.69) is 9.71 Å². The van der Waals surface area contributed by atoms with Crippen molar-refractivity contribution in [3.63, 3.8) is 0 Å². The molecule has 0 bridgehead atoms. The van der Waals surface area contributed by atoms with Gasteiger partial charge < -0.3 is 15.0 Å². The van der Waals surface area contributed by atoms with Gasteiger partial charge in [0, 0.05) is 32.3 Å². The lowest BCUT2D eigenvalue weighted by Crippen LogP contribution is -2.26. The molecule has 8 heteroatoms. The minimum absolute atomic E-state index is 0.0987. The molecule has 2 heterocycles. The predicted octanol–water partition coefficient (Wildman–Crippen LogP) is 2.25. The zero-order valence-corrected chi connectivity index (χ0v) is 15.8. The fourth-order valence-electron chi connectivity index (χ4n) is 3.13. The van der Waals surface area contributed by atoms with E-state index in [1.165, 1.54) is 12.1 Å². The van der Waals surface area contributed by atoms with Crippen LogP contribution in [0.15, 0.2) is 33.6 Å². The number of hydrogen-bond donors (Lipinski definition) is 1. The second kappa shape index (κ2) is 8.18. The Kier molecular flexibility index (Phi) is 5.93. The molecule has 1 aromatic rings. The van der Waals surface area contributed by atoms with Crippen molar-refractivity contribution in [2.45, 2.75) is 37.0 Å². The molecule has 1 amide bonds. The van der Waals surface area contributed by atoms with Crippen LogP contribution in [0.3, 0.4) is 0 Å². The van der Waals surface area contributed by atoms with Crippen LogP contribution >= 0.6 is 0 Å². The van der Waals surface area contributed by atoms with Crippen LogP contribution in [-0.2, 0) is 19.6 Å². The first-order valence-corrected chi connectivity index (χ1v) is 10.4. The van der Waals surface area contributed by atoms with Crippen molar-refractivity contribution in [2.75, 3.05) is 32.1 Å². The molecular formula is C18H25N3O4S. The van der Waals surface area contributed by atoms with Crippen LogP contribution in [0.25, 0.3) is 0 Å². The van der Waals surface area contributed by atoms with Crippen LogP contribution in [0.2, 0.25) is 0 Å². The molecule has 3 rings (SSSR count). The summed E-state index contributed by atoms with van der Waals surface area (Å²) in [6.07, 6.45) is 4.48. The van der Waals surface area contributed by atoms with Crippen LogP contribution in [0, 0.1) is 5.92 Å². The van der Waals surface area contributed by atoms with Crippen molar-refractivity contribution >= 4 is 27.5 Å². The number of ether oxygens (including phenoxy) is 1.